The highest BCUT2D eigenvalue weighted by molar-refractivity contribution is 5.76. The van der Waals surface area contributed by atoms with Crippen LogP contribution in [0.2, 0.25) is 0 Å². The van der Waals surface area contributed by atoms with Crippen molar-refractivity contribution in [3.8, 4) is 0 Å². The molecule has 0 aliphatic heterocycles. The Morgan fingerprint density at radius 1 is 0.407 bits per heavy atom. The van der Waals surface area contributed by atoms with E-state index in [1.54, 1.807) is 6.08 Å². The van der Waals surface area contributed by atoms with E-state index in [0.717, 1.165) is 44.9 Å². The van der Waals surface area contributed by atoms with Crippen LogP contribution in [0.3, 0.4) is 0 Å². The molecular formula is C55H101NO3. The van der Waals surface area contributed by atoms with E-state index < -0.39 is 12.1 Å². The molecule has 0 aromatic rings. The average Bonchev–Trinajstić information content (AvgIpc) is 3.24. The van der Waals surface area contributed by atoms with Crippen molar-refractivity contribution in [1.82, 2.24) is 5.32 Å². The van der Waals surface area contributed by atoms with Gasteiger partial charge in [-0.3, -0.25) is 4.79 Å². The highest BCUT2D eigenvalue weighted by Gasteiger charge is 2.17. The summed E-state index contributed by atoms with van der Waals surface area (Å²) in [5, 5.41) is 23.1. The van der Waals surface area contributed by atoms with E-state index >= 15 is 0 Å². The molecule has 0 aliphatic carbocycles. The number of amides is 1. The second-order valence-electron chi connectivity index (χ2n) is 17.6. The number of unbranched alkanes of at least 4 members (excludes halogenated alkanes) is 32. The maximum absolute atomic E-state index is 12.4. The summed E-state index contributed by atoms with van der Waals surface area (Å²) in [6.45, 7) is 4.30. The van der Waals surface area contributed by atoms with Gasteiger partial charge in [-0.2, -0.15) is 0 Å². The summed E-state index contributed by atoms with van der Waals surface area (Å²) in [5.41, 5.74) is 0. The van der Waals surface area contributed by atoms with Crippen molar-refractivity contribution in [3.05, 3.63) is 60.8 Å². The Bertz CT molecular complexity index is 981. The monoisotopic (exact) mass is 824 g/mol. The molecule has 0 saturated heterocycles. The van der Waals surface area contributed by atoms with Crippen molar-refractivity contribution in [2.45, 2.75) is 276 Å². The fourth-order valence-corrected chi connectivity index (χ4v) is 7.71. The summed E-state index contributed by atoms with van der Waals surface area (Å²) in [7, 11) is 0. The van der Waals surface area contributed by atoms with Gasteiger partial charge in [0, 0.05) is 6.42 Å². The number of rotatable bonds is 47. The minimum Gasteiger partial charge on any atom is -0.394 e. The lowest BCUT2D eigenvalue weighted by Crippen LogP contribution is -2.45. The maximum Gasteiger partial charge on any atom is 0.220 e. The van der Waals surface area contributed by atoms with Gasteiger partial charge in [-0.1, -0.05) is 242 Å². The first-order valence-corrected chi connectivity index (χ1v) is 26.0. The lowest BCUT2D eigenvalue weighted by molar-refractivity contribution is -0.123. The van der Waals surface area contributed by atoms with Gasteiger partial charge in [0.05, 0.1) is 18.8 Å². The number of hydrogen-bond acceptors (Lipinski definition) is 3. The standard InChI is InChI=1S/C55H101NO3/c1-3-5-7-9-11-13-15-17-19-21-23-25-27-28-29-31-33-35-37-39-41-43-45-47-49-51-55(59)56-53(52-57)54(58)50-48-46-44-42-40-38-36-34-32-30-26-24-22-20-18-16-14-12-10-8-6-4-2/h15,17,21,23,32,34,40,42,48,50,53-54,57-58H,3-14,16,18-20,22,24-31,33,35-39,41,43-47,49,51-52H2,1-2H3,(H,56,59)/b17-15-,23-21-,34-32+,42-40+,50-48+. The Labute approximate surface area is 368 Å². The van der Waals surface area contributed by atoms with Gasteiger partial charge in [0.25, 0.3) is 0 Å². The zero-order chi connectivity index (χ0) is 42.8. The second-order valence-corrected chi connectivity index (χ2v) is 17.6. The first kappa shape index (κ1) is 57.1. The molecule has 0 aliphatic rings. The van der Waals surface area contributed by atoms with Gasteiger partial charge in [0.2, 0.25) is 5.91 Å². The number of carbonyl (C=O) groups is 1. The van der Waals surface area contributed by atoms with Crippen molar-refractivity contribution >= 4 is 5.91 Å². The van der Waals surface area contributed by atoms with Gasteiger partial charge < -0.3 is 15.5 Å². The fourth-order valence-electron chi connectivity index (χ4n) is 7.71. The Balaban J connectivity index is 3.59. The minimum absolute atomic E-state index is 0.0782. The number of nitrogens with one attached hydrogen (secondary N) is 1. The van der Waals surface area contributed by atoms with E-state index in [1.807, 2.05) is 6.08 Å². The van der Waals surface area contributed by atoms with E-state index in [1.165, 1.54) is 199 Å². The molecule has 0 saturated carbocycles. The van der Waals surface area contributed by atoms with Gasteiger partial charge in [-0.15, -0.1) is 0 Å². The van der Waals surface area contributed by atoms with Crippen LogP contribution < -0.4 is 5.32 Å². The lowest BCUT2D eigenvalue weighted by Gasteiger charge is -2.19. The molecule has 59 heavy (non-hydrogen) atoms. The number of allylic oxidation sites excluding steroid dienone is 9. The molecule has 4 nitrogen and oxygen atoms in total. The van der Waals surface area contributed by atoms with Gasteiger partial charge in [-0.25, -0.2) is 0 Å². The highest BCUT2D eigenvalue weighted by atomic mass is 16.3. The molecule has 0 aromatic heterocycles. The van der Waals surface area contributed by atoms with Crippen LogP contribution in [0.4, 0.5) is 0 Å². The van der Waals surface area contributed by atoms with Gasteiger partial charge in [0.1, 0.15) is 0 Å². The number of aliphatic hydroxyl groups excluding tert-OH is 2. The van der Waals surface area contributed by atoms with Gasteiger partial charge >= 0.3 is 0 Å². The van der Waals surface area contributed by atoms with E-state index in [2.05, 4.69) is 67.8 Å². The highest BCUT2D eigenvalue weighted by Crippen LogP contribution is 2.15. The molecule has 0 radical (unpaired) electrons. The molecule has 3 N–H and O–H groups in total. The smallest absolute Gasteiger partial charge is 0.220 e. The summed E-state index contributed by atoms with van der Waals surface area (Å²) in [4.78, 5) is 12.4. The Kier molecular flexibility index (Phi) is 48.8. The summed E-state index contributed by atoms with van der Waals surface area (Å²) < 4.78 is 0. The zero-order valence-corrected chi connectivity index (χ0v) is 39.5. The van der Waals surface area contributed by atoms with Crippen LogP contribution in [0.1, 0.15) is 264 Å². The molecule has 1 amide bonds. The summed E-state index contributed by atoms with van der Waals surface area (Å²) in [6.07, 6.45) is 70.7. The quantitative estimate of drug-likeness (QED) is 0.0423. The maximum atomic E-state index is 12.4. The molecule has 344 valence electrons. The summed E-state index contributed by atoms with van der Waals surface area (Å²) in [6, 6.07) is -0.648. The predicted octanol–water partition coefficient (Wildman–Crippen LogP) is 16.9. The van der Waals surface area contributed by atoms with Gasteiger partial charge in [0.15, 0.2) is 0 Å². The van der Waals surface area contributed by atoms with Crippen molar-refractivity contribution in [3.63, 3.8) is 0 Å². The van der Waals surface area contributed by atoms with E-state index in [0.29, 0.717) is 6.42 Å². The third kappa shape index (κ3) is 47.0. The second kappa shape index (κ2) is 50.4. The van der Waals surface area contributed by atoms with Crippen molar-refractivity contribution < 1.29 is 15.0 Å². The lowest BCUT2D eigenvalue weighted by atomic mass is 10.0. The topological polar surface area (TPSA) is 69.6 Å². The molecular weight excluding hydrogens is 723 g/mol. The van der Waals surface area contributed by atoms with Crippen LogP contribution in [0.5, 0.6) is 0 Å². The molecule has 2 atom stereocenters. The van der Waals surface area contributed by atoms with Crippen molar-refractivity contribution in [1.29, 1.82) is 0 Å². The first-order valence-electron chi connectivity index (χ1n) is 26.0. The molecule has 0 bridgehead atoms. The van der Waals surface area contributed by atoms with Crippen molar-refractivity contribution in [2.24, 2.45) is 0 Å². The molecule has 0 fully saturated rings. The van der Waals surface area contributed by atoms with Crippen molar-refractivity contribution in [2.75, 3.05) is 6.61 Å². The van der Waals surface area contributed by atoms with E-state index in [4.69, 9.17) is 0 Å². The number of carbonyl (C=O) groups excluding carboxylic acids is 1. The Morgan fingerprint density at radius 3 is 1.08 bits per heavy atom. The van der Waals surface area contributed by atoms with Crippen LogP contribution >= 0.6 is 0 Å². The zero-order valence-electron chi connectivity index (χ0n) is 39.5. The third-order valence-corrected chi connectivity index (χ3v) is 11.7. The molecule has 4 heteroatoms. The van der Waals surface area contributed by atoms with E-state index in [9.17, 15) is 15.0 Å². The Morgan fingerprint density at radius 2 is 0.712 bits per heavy atom. The SMILES string of the molecule is CCCCCCC/C=C\C/C=C\CCCCCCCCCCCCCCCC(=O)NC(CO)C(O)/C=C/CC/C=C/CC/C=C/CCCCCCCCCCCCCC. The summed E-state index contributed by atoms with van der Waals surface area (Å²) >= 11 is 0. The summed E-state index contributed by atoms with van der Waals surface area (Å²) in [5.74, 6) is -0.0782. The molecule has 0 heterocycles. The number of aliphatic hydroxyl groups is 2. The van der Waals surface area contributed by atoms with Crippen LogP contribution in [0.15, 0.2) is 60.8 Å². The fraction of sp³-hybridized carbons (Fsp3) is 0.800. The Hall–Kier alpha value is -1.91. The van der Waals surface area contributed by atoms with Crippen LogP contribution in [-0.4, -0.2) is 34.9 Å². The number of hydrogen-bond donors (Lipinski definition) is 3. The van der Waals surface area contributed by atoms with Gasteiger partial charge in [-0.05, 0) is 77.0 Å². The van der Waals surface area contributed by atoms with Crippen LogP contribution in [0, 0.1) is 0 Å². The normalized spacial score (nSPS) is 13.4. The minimum atomic E-state index is -0.872. The predicted molar refractivity (Wildman–Crippen MR) is 262 cm³/mol. The molecule has 2 unspecified atom stereocenters. The molecule has 0 spiro atoms. The first-order chi connectivity index (χ1) is 29.2. The largest absolute Gasteiger partial charge is 0.394 e. The molecule has 0 rings (SSSR count). The van der Waals surface area contributed by atoms with Crippen LogP contribution in [-0.2, 0) is 4.79 Å². The van der Waals surface area contributed by atoms with E-state index in [-0.39, 0.29) is 12.5 Å². The van der Waals surface area contributed by atoms with Crippen LogP contribution in [0.25, 0.3) is 0 Å². The average molecular weight is 824 g/mol. The third-order valence-electron chi connectivity index (χ3n) is 11.7. The molecule has 0 aromatic carbocycles.